The quantitative estimate of drug-likeness (QED) is 0.704. The first-order valence-corrected chi connectivity index (χ1v) is 12.3. The van der Waals surface area contributed by atoms with Gasteiger partial charge in [-0.05, 0) is 49.7 Å². The Balaban J connectivity index is 1.15. The van der Waals surface area contributed by atoms with Gasteiger partial charge in [0.15, 0.2) is 0 Å². The standard InChI is InChI=1S/C25H30FN5O3/c26-21-7-2-1-4-16(21)19-10-20(19)24(33)31-12-15(11-25(31)8-9-34-13-25)29-23(32)18-6-3-5-17(18)22-27-14-28-30-22/h1-2,4,7,14-15,17-20H,3,5-6,8-13H2,(H,29,32)(H,27,28,30)/t15?,17-,18+,19-,20+,25?/m0/s1. The molecule has 2 aliphatic heterocycles. The van der Waals surface area contributed by atoms with Crippen LogP contribution >= 0.6 is 0 Å². The Morgan fingerprint density at radius 1 is 1.21 bits per heavy atom. The number of nitrogens with zero attached hydrogens (tertiary/aromatic N) is 3. The van der Waals surface area contributed by atoms with E-state index in [1.807, 2.05) is 11.0 Å². The summed E-state index contributed by atoms with van der Waals surface area (Å²) < 4.78 is 20.0. The molecule has 6 atom stereocenters. The molecule has 9 heteroatoms. The summed E-state index contributed by atoms with van der Waals surface area (Å²) in [7, 11) is 0. The van der Waals surface area contributed by atoms with Gasteiger partial charge in [0, 0.05) is 36.9 Å². The summed E-state index contributed by atoms with van der Waals surface area (Å²) in [5.74, 6) is 0.276. The molecular formula is C25H30FN5O3. The summed E-state index contributed by atoms with van der Waals surface area (Å²) in [5, 5.41) is 10.1. The van der Waals surface area contributed by atoms with Gasteiger partial charge >= 0.3 is 0 Å². The summed E-state index contributed by atoms with van der Waals surface area (Å²) in [5.41, 5.74) is 0.249. The number of benzene rings is 1. The van der Waals surface area contributed by atoms with Crippen LogP contribution in [0, 0.1) is 17.7 Å². The molecular weight excluding hydrogens is 437 g/mol. The molecule has 2 amide bonds. The third-order valence-corrected chi connectivity index (χ3v) is 8.35. The molecule has 2 saturated heterocycles. The zero-order valence-electron chi connectivity index (χ0n) is 19.1. The molecule has 2 aromatic rings. The number of halogens is 1. The number of aromatic amines is 1. The predicted octanol–water partition coefficient (Wildman–Crippen LogP) is 2.51. The average molecular weight is 468 g/mol. The lowest BCUT2D eigenvalue weighted by Gasteiger charge is -2.33. The van der Waals surface area contributed by atoms with E-state index in [0.717, 1.165) is 31.5 Å². The van der Waals surface area contributed by atoms with Crippen LogP contribution in [0.15, 0.2) is 30.6 Å². The van der Waals surface area contributed by atoms with Crippen LogP contribution in [-0.2, 0) is 14.3 Å². The van der Waals surface area contributed by atoms with E-state index in [4.69, 9.17) is 4.74 Å². The summed E-state index contributed by atoms with van der Waals surface area (Å²) in [6.45, 7) is 1.59. The number of amides is 2. The normalized spacial score (nSPS) is 34.6. The van der Waals surface area contributed by atoms with Gasteiger partial charge in [-0.2, -0.15) is 5.10 Å². The number of H-pyrrole nitrogens is 1. The first-order chi connectivity index (χ1) is 16.6. The van der Waals surface area contributed by atoms with Gasteiger partial charge < -0.3 is 15.0 Å². The topological polar surface area (TPSA) is 100 Å². The van der Waals surface area contributed by atoms with E-state index < -0.39 is 0 Å². The molecule has 1 aromatic heterocycles. The molecule has 6 rings (SSSR count). The SMILES string of the molecule is O=C(NC1CN(C(=O)[C@@H]2C[C@H]2c2ccccc2F)C2(CCOC2)C1)[C@@H]1CCC[C@@H]1c1ncn[nH]1. The summed E-state index contributed by atoms with van der Waals surface area (Å²) >= 11 is 0. The highest BCUT2D eigenvalue weighted by Crippen LogP contribution is 2.51. The van der Waals surface area contributed by atoms with Gasteiger partial charge in [-0.1, -0.05) is 24.6 Å². The van der Waals surface area contributed by atoms with Crippen LogP contribution in [0.25, 0.3) is 0 Å². The minimum atomic E-state index is -0.378. The van der Waals surface area contributed by atoms with Gasteiger partial charge in [0.2, 0.25) is 11.8 Å². The fourth-order valence-electron chi connectivity index (χ4n) is 6.53. The third kappa shape index (κ3) is 3.70. The van der Waals surface area contributed by atoms with E-state index in [2.05, 4.69) is 20.5 Å². The second-order valence-electron chi connectivity index (χ2n) is 10.4. The van der Waals surface area contributed by atoms with E-state index in [-0.39, 0.29) is 52.9 Å². The van der Waals surface area contributed by atoms with Crippen molar-refractivity contribution in [2.24, 2.45) is 11.8 Å². The van der Waals surface area contributed by atoms with Crippen LogP contribution in [0.5, 0.6) is 0 Å². The maximum Gasteiger partial charge on any atom is 0.226 e. The first-order valence-electron chi connectivity index (χ1n) is 12.3. The number of likely N-dealkylation sites (tertiary alicyclic amines) is 1. The van der Waals surface area contributed by atoms with Gasteiger partial charge in [-0.3, -0.25) is 14.7 Å². The molecule has 4 fully saturated rings. The molecule has 1 aromatic carbocycles. The van der Waals surface area contributed by atoms with Crippen molar-refractivity contribution in [1.29, 1.82) is 0 Å². The molecule has 180 valence electrons. The highest BCUT2D eigenvalue weighted by Gasteiger charge is 2.56. The lowest BCUT2D eigenvalue weighted by Crippen LogP contribution is -2.48. The highest BCUT2D eigenvalue weighted by atomic mass is 19.1. The lowest BCUT2D eigenvalue weighted by molar-refractivity contribution is -0.137. The summed E-state index contributed by atoms with van der Waals surface area (Å²) in [4.78, 5) is 33.1. The van der Waals surface area contributed by atoms with Gasteiger partial charge in [0.05, 0.1) is 12.1 Å². The Morgan fingerprint density at radius 2 is 2.09 bits per heavy atom. The monoisotopic (exact) mass is 467 g/mol. The average Bonchev–Trinajstić information content (AvgIpc) is 3.34. The van der Waals surface area contributed by atoms with Crippen LogP contribution in [0.4, 0.5) is 4.39 Å². The molecule has 3 heterocycles. The van der Waals surface area contributed by atoms with Crippen LogP contribution in [0.3, 0.4) is 0 Å². The smallest absolute Gasteiger partial charge is 0.226 e. The number of ether oxygens (including phenoxy) is 1. The molecule has 2 N–H and O–H groups in total. The van der Waals surface area contributed by atoms with Crippen molar-refractivity contribution >= 4 is 11.8 Å². The van der Waals surface area contributed by atoms with Gasteiger partial charge in [-0.15, -0.1) is 0 Å². The largest absolute Gasteiger partial charge is 0.379 e. The molecule has 2 unspecified atom stereocenters. The molecule has 2 saturated carbocycles. The molecule has 0 bridgehead atoms. The van der Waals surface area contributed by atoms with Gasteiger partial charge in [0.25, 0.3) is 0 Å². The van der Waals surface area contributed by atoms with Crippen molar-refractivity contribution < 1.29 is 18.7 Å². The molecule has 2 aliphatic carbocycles. The highest BCUT2D eigenvalue weighted by molar-refractivity contribution is 5.85. The Kier molecular flexibility index (Phi) is 5.39. The van der Waals surface area contributed by atoms with Gasteiger partial charge in [0.1, 0.15) is 18.0 Å². The number of nitrogens with one attached hydrogen (secondary N) is 2. The van der Waals surface area contributed by atoms with Crippen molar-refractivity contribution in [1.82, 2.24) is 25.4 Å². The summed E-state index contributed by atoms with van der Waals surface area (Å²) in [6.07, 6.45) is 6.35. The van der Waals surface area contributed by atoms with Crippen molar-refractivity contribution in [3.05, 3.63) is 47.8 Å². The minimum absolute atomic E-state index is 0.0305. The van der Waals surface area contributed by atoms with E-state index in [9.17, 15) is 14.0 Å². The van der Waals surface area contributed by atoms with E-state index in [1.54, 1.807) is 12.1 Å². The van der Waals surface area contributed by atoms with E-state index in [1.165, 1.54) is 12.4 Å². The van der Waals surface area contributed by atoms with Crippen molar-refractivity contribution in [3.8, 4) is 0 Å². The van der Waals surface area contributed by atoms with Gasteiger partial charge in [-0.25, -0.2) is 9.37 Å². The Labute approximate surface area is 197 Å². The van der Waals surface area contributed by atoms with Crippen LogP contribution in [-0.4, -0.2) is 63.2 Å². The molecule has 4 aliphatic rings. The Bertz CT molecular complexity index is 1070. The van der Waals surface area contributed by atoms with Crippen molar-refractivity contribution in [3.63, 3.8) is 0 Å². The van der Waals surface area contributed by atoms with E-state index in [0.29, 0.717) is 38.2 Å². The number of aromatic nitrogens is 3. The number of rotatable bonds is 5. The molecule has 0 radical (unpaired) electrons. The Hall–Kier alpha value is -2.81. The van der Waals surface area contributed by atoms with E-state index >= 15 is 0 Å². The summed E-state index contributed by atoms with van der Waals surface area (Å²) in [6, 6.07) is 6.62. The number of carbonyl (C=O) groups excluding carboxylic acids is 2. The second-order valence-corrected chi connectivity index (χ2v) is 10.4. The maximum atomic E-state index is 14.3. The van der Waals surface area contributed by atoms with Crippen molar-refractivity contribution in [2.45, 2.75) is 61.9 Å². The van der Waals surface area contributed by atoms with Crippen LogP contribution in [0.1, 0.15) is 61.7 Å². The molecule has 8 nitrogen and oxygen atoms in total. The maximum absolute atomic E-state index is 14.3. The Morgan fingerprint density at radius 3 is 2.85 bits per heavy atom. The number of hydrogen-bond donors (Lipinski definition) is 2. The predicted molar refractivity (Wildman–Crippen MR) is 120 cm³/mol. The zero-order valence-corrected chi connectivity index (χ0v) is 19.1. The number of carbonyl (C=O) groups is 2. The first kappa shape index (κ1) is 21.7. The second kappa shape index (κ2) is 8.45. The zero-order chi connectivity index (χ0) is 23.3. The molecule has 34 heavy (non-hydrogen) atoms. The van der Waals surface area contributed by atoms with Crippen LogP contribution in [0.2, 0.25) is 0 Å². The number of hydrogen-bond acceptors (Lipinski definition) is 5. The third-order valence-electron chi connectivity index (χ3n) is 8.35. The molecule has 1 spiro atoms. The van der Waals surface area contributed by atoms with Crippen molar-refractivity contribution in [2.75, 3.05) is 19.8 Å². The minimum Gasteiger partial charge on any atom is -0.379 e. The lowest BCUT2D eigenvalue weighted by atomic mass is 9.92. The fourth-order valence-corrected chi connectivity index (χ4v) is 6.53. The van der Waals surface area contributed by atoms with Crippen LogP contribution < -0.4 is 5.32 Å². The fraction of sp³-hybridized carbons (Fsp3) is 0.600.